The summed E-state index contributed by atoms with van der Waals surface area (Å²) in [4.78, 5) is 29.4. The van der Waals surface area contributed by atoms with Gasteiger partial charge in [0.25, 0.3) is 21.5 Å². The molecule has 1 aliphatic rings. The molecule has 0 bridgehead atoms. The van der Waals surface area contributed by atoms with Crippen molar-refractivity contribution in [1.82, 2.24) is 14.7 Å². The van der Waals surface area contributed by atoms with Crippen LogP contribution in [0.5, 0.6) is 5.75 Å². The Morgan fingerprint density at radius 1 is 0.898 bits per heavy atom. The molecule has 2 heterocycles. The molecule has 1 aliphatic heterocycles. The number of carbonyl (C=O) groups is 1. The van der Waals surface area contributed by atoms with Crippen LogP contribution in [0.1, 0.15) is 57.9 Å². The second kappa shape index (κ2) is 15.0. The zero-order valence-corrected chi connectivity index (χ0v) is 27.5. The maximum absolute atomic E-state index is 14.4. The van der Waals surface area contributed by atoms with Crippen LogP contribution in [0.25, 0.3) is 0 Å². The van der Waals surface area contributed by atoms with Gasteiger partial charge in [-0.15, -0.1) is 0 Å². The van der Waals surface area contributed by atoms with Crippen LogP contribution in [0.2, 0.25) is 0 Å². The average Bonchev–Trinajstić information content (AvgIpc) is 3.58. The zero-order chi connectivity index (χ0) is 34.4. The lowest BCUT2D eigenvalue weighted by Crippen LogP contribution is -2.48. The molecule has 0 aliphatic carbocycles. The number of aromatic nitrogens is 2. The minimum atomic E-state index is -4.74. The molecule has 0 spiro atoms. The molecular weight excluding hydrogens is 645 g/mol. The fourth-order valence-electron chi connectivity index (χ4n) is 6.49. The predicted octanol–water partition coefficient (Wildman–Crippen LogP) is 6.09. The summed E-state index contributed by atoms with van der Waals surface area (Å²) in [5.41, 5.74) is 1.83. The fraction of sp³-hybridized carbons (Fsp3) is 0.237. The first kappa shape index (κ1) is 33.8. The van der Waals surface area contributed by atoms with Crippen LogP contribution in [-0.4, -0.2) is 51.4 Å². The highest BCUT2D eigenvalue weighted by Crippen LogP contribution is 2.36. The number of hydrogen-bond donors (Lipinski definition) is 1. The molecule has 4 aromatic carbocycles. The highest BCUT2D eigenvalue weighted by molar-refractivity contribution is 7.86. The number of hydrogen-bond acceptors (Lipinski definition) is 6. The maximum atomic E-state index is 14.4. The number of amides is 1. The van der Waals surface area contributed by atoms with E-state index >= 15 is 0 Å². The number of halogens is 1. The van der Waals surface area contributed by atoms with Crippen LogP contribution in [0.15, 0.2) is 126 Å². The number of ether oxygens (including phenoxy) is 1. The molecule has 1 fully saturated rings. The van der Waals surface area contributed by atoms with E-state index in [1.807, 2.05) is 78.9 Å². The van der Waals surface area contributed by atoms with E-state index < -0.39 is 50.2 Å². The highest BCUT2D eigenvalue weighted by Gasteiger charge is 2.43. The molecule has 1 saturated heterocycles. The van der Waals surface area contributed by atoms with Crippen molar-refractivity contribution in [3.63, 3.8) is 0 Å². The van der Waals surface area contributed by atoms with E-state index in [0.717, 1.165) is 16.7 Å². The third-order valence-electron chi connectivity index (χ3n) is 8.85. The number of nitrogens with zero attached hydrogens (tertiary/aromatic N) is 3. The van der Waals surface area contributed by atoms with Gasteiger partial charge < -0.3 is 9.64 Å². The molecule has 5 aromatic rings. The van der Waals surface area contributed by atoms with Crippen molar-refractivity contribution in [1.29, 1.82) is 0 Å². The van der Waals surface area contributed by atoms with Gasteiger partial charge in [-0.25, -0.2) is 4.39 Å². The summed E-state index contributed by atoms with van der Waals surface area (Å²) in [7, 11) is -4.74. The zero-order valence-electron chi connectivity index (χ0n) is 26.6. The van der Waals surface area contributed by atoms with Crippen LogP contribution in [0.4, 0.5) is 4.39 Å². The third kappa shape index (κ3) is 8.13. The van der Waals surface area contributed by atoms with Crippen LogP contribution in [-0.2, 0) is 23.3 Å². The summed E-state index contributed by atoms with van der Waals surface area (Å²) in [5, 5.41) is 3.00. The largest absolute Gasteiger partial charge is 0.483 e. The molecule has 6 rings (SSSR count). The minimum Gasteiger partial charge on any atom is -0.483 e. The Bertz CT molecular complexity index is 2060. The second-order valence-corrected chi connectivity index (χ2v) is 13.8. The van der Waals surface area contributed by atoms with E-state index in [9.17, 15) is 27.0 Å². The fourth-order valence-corrected chi connectivity index (χ4v) is 7.61. The van der Waals surface area contributed by atoms with Gasteiger partial charge in [-0.05, 0) is 53.6 Å². The van der Waals surface area contributed by atoms with Crippen molar-refractivity contribution >= 4 is 16.0 Å². The summed E-state index contributed by atoms with van der Waals surface area (Å²) >= 11 is 0. The van der Waals surface area contributed by atoms with Crippen molar-refractivity contribution in [2.24, 2.45) is 0 Å². The van der Waals surface area contributed by atoms with Gasteiger partial charge in [-0.1, -0.05) is 103 Å². The summed E-state index contributed by atoms with van der Waals surface area (Å²) in [6.45, 7) is 0.476. The Morgan fingerprint density at radius 3 is 2.18 bits per heavy atom. The molecule has 0 radical (unpaired) electrons. The molecular formula is C38H36FN3O6S. The molecule has 1 amide bonds. The van der Waals surface area contributed by atoms with E-state index in [4.69, 9.17) is 4.74 Å². The van der Waals surface area contributed by atoms with Gasteiger partial charge in [0.05, 0.1) is 18.8 Å². The summed E-state index contributed by atoms with van der Waals surface area (Å²) in [6.07, 6.45) is 2.04. The number of likely N-dealkylation sites (tertiary alicyclic amines) is 1. The standard InChI is InChI=1S/C38H36FN3O6S/c39-31-19-10-18-30(22-31)32(29-16-8-3-9-17-29)23-35(49(45,46)47)33-20-11-21-42(33)38(44)36-37(43)34(48-26-28-14-6-2-7-15-28)25-41(40-36)24-27-12-4-1-5-13-27/h1-10,12-19,22,25,32-33,35H,11,20-21,23-24,26H2,(H,45,46,47)/t32-,33?,35-/m1/s1. The molecule has 1 unspecified atom stereocenters. The van der Waals surface area contributed by atoms with Gasteiger partial charge in [0, 0.05) is 12.5 Å². The summed E-state index contributed by atoms with van der Waals surface area (Å²) < 4.78 is 58.7. The lowest BCUT2D eigenvalue weighted by Gasteiger charge is -2.32. The Hall–Kier alpha value is -5.13. The average molecular weight is 682 g/mol. The molecule has 0 saturated carbocycles. The SMILES string of the molecule is O=C(c1nn(Cc2ccccc2)cc(OCc2ccccc2)c1=O)N1CCCC1[C@@H](C[C@H](c1ccccc1)c1cccc(F)c1)S(=O)(=O)O. The first-order valence-electron chi connectivity index (χ1n) is 16.1. The Kier molecular flexibility index (Phi) is 10.3. The minimum absolute atomic E-state index is 0.0737. The lowest BCUT2D eigenvalue weighted by atomic mass is 9.85. The third-order valence-corrected chi connectivity index (χ3v) is 10.1. The number of rotatable bonds is 12. The molecule has 252 valence electrons. The quantitative estimate of drug-likeness (QED) is 0.158. The highest BCUT2D eigenvalue weighted by atomic mass is 32.2. The van der Waals surface area contributed by atoms with E-state index in [0.29, 0.717) is 12.0 Å². The molecule has 3 atom stereocenters. The topological polar surface area (TPSA) is 119 Å². The summed E-state index contributed by atoms with van der Waals surface area (Å²) in [5.74, 6) is -1.92. The number of benzene rings is 4. The van der Waals surface area contributed by atoms with Crippen LogP contribution < -0.4 is 10.2 Å². The molecule has 1 aromatic heterocycles. The van der Waals surface area contributed by atoms with Crippen molar-refractivity contribution in [2.45, 2.75) is 49.6 Å². The number of carbonyl (C=O) groups excluding carboxylic acids is 1. The first-order valence-corrected chi connectivity index (χ1v) is 17.6. The normalized spacial score (nSPS) is 15.9. The van der Waals surface area contributed by atoms with Gasteiger partial charge in [-0.2, -0.15) is 13.5 Å². The van der Waals surface area contributed by atoms with Gasteiger partial charge >= 0.3 is 0 Å². The van der Waals surface area contributed by atoms with Gasteiger partial charge in [-0.3, -0.25) is 18.8 Å². The Labute approximate surface area is 284 Å². The predicted molar refractivity (Wildman–Crippen MR) is 184 cm³/mol. The smallest absolute Gasteiger partial charge is 0.278 e. The second-order valence-electron chi connectivity index (χ2n) is 12.1. The van der Waals surface area contributed by atoms with Crippen molar-refractivity contribution in [3.05, 3.63) is 165 Å². The van der Waals surface area contributed by atoms with Crippen LogP contribution >= 0.6 is 0 Å². The van der Waals surface area contributed by atoms with Crippen LogP contribution in [0, 0.1) is 5.82 Å². The molecule has 49 heavy (non-hydrogen) atoms. The van der Waals surface area contributed by atoms with Gasteiger partial charge in [0.1, 0.15) is 17.7 Å². The first-order chi connectivity index (χ1) is 23.7. The van der Waals surface area contributed by atoms with E-state index in [1.54, 1.807) is 24.3 Å². The van der Waals surface area contributed by atoms with Crippen molar-refractivity contribution in [2.75, 3.05) is 6.54 Å². The van der Waals surface area contributed by atoms with E-state index in [-0.39, 0.29) is 38.3 Å². The summed E-state index contributed by atoms with van der Waals surface area (Å²) in [6, 6.07) is 32.6. The molecule has 1 N–H and O–H groups in total. The maximum Gasteiger partial charge on any atom is 0.278 e. The lowest BCUT2D eigenvalue weighted by molar-refractivity contribution is 0.0718. The Balaban J connectivity index is 1.35. The van der Waals surface area contributed by atoms with E-state index in [2.05, 4.69) is 5.10 Å². The Morgan fingerprint density at radius 2 is 1.53 bits per heavy atom. The van der Waals surface area contributed by atoms with Gasteiger partial charge in [0.15, 0.2) is 11.4 Å². The van der Waals surface area contributed by atoms with Crippen LogP contribution in [0.3, 0.4) is 0 Å². The van der Waals surface area contributed by atoms with Crippen molar-refractivity contribution in [3.8, 4) is 5.75 Å². The van der Waals surface area contributed by atoms with E-state index in [1.165, 1.54) is 27.9 Å². The van der Waals surface area contributed by atoms with Gasteiger partial charge in [0.2, 0.25) is 0 Å². The molecule has 11 heteroatoms. The monoisotopic (exact) mass is 681 g/mol. The van der Waals surface area contributed by atoms with Crippen molar-refractivity contribution < 1.29 is 26.9 Å². The molecule has 9 nitrogen and oxygen atoms in total.